The summed E-state index contributed by atoms with van der Waals surface area (Å²) >= 11 is 0. The van der Waals surface area contributed by atoms with Gasteiger partial charge in [0.05, 0.1) is 17.1 Å². The molecule has 0 spiro atoms. The number of nitrogens with zero attached hydrogens (tertiary/aromatic N) is 6. The standard InChI is InChI=1S/C16H16N6O/c1-3-21-15(23)12-6-4-5-7-13(12)22-14(18-19-16(21)22)10-20-9-11(2)8-17-20/h4-9H,3,10H2,1-2H3. The largest absolute Gasteiger partial charge is 0.277 e. The molecule has 7 nitrogen and oxygen atoms in total. The van der Waals surface area contributed by atoms with Gasteiger partial charge < -0.3 is 0 Å². The van der Waals surface area contributed by atoms with Crippen LogP contribution in [0.25, 0.3) is 16.7 Å². The normalized spacial score (nSPS) is 11.6. The van der Waals surface area contributed by atoms with Crippen molar-refractivity contribution in [2.75, 3.05) is 0 Å². The second-order valence-corrected chi connectivity index (χ2v) is 5.53. The SMILES string of the molecule is CCn1c(=O)c2ccccc2n2c(Cn3cc(C)cn3)nnc12. The third-order valence-corrected chi connectivity index (χ3v) is 3.96. The van der Waals surface area contributed by atoms with Crippen LogP contribution in [0.15, 0.2) is 41.5 Å². The highest BCUT2D eigenvalue weighted by molar-refractivity contribution is 5.80. The third-order valence-electron chi connectivity index (χ3n) is 3.96. The molecule has 0 N–H and O–H groups in total. The first-order valence-electron chi connectivity index (χ1n) is 7.53. The number of hydrogen-bond donors (Lipinski definition) is 0. The summed E-state index contributed by atoms with van der Waals surface area (Å²) in [6, 6.07) is 7.55. The van der Waals surface area contributed by atoms with Gasteiger partial charge >= 0.3 is 0 Å². The number of benzene rings is 1. The number of aryl methyl sites for hydroxylation is 2. The molecule has 0 amide bonds. The Morgan fingerprint density at radius 2 is 2.00 bits per heavy atom. The number of para-hydroxylation sites is 1. The zero-order chi connectivity index (χ0) is 16.0. The Morgan fingerprint density at radius 3 is 2.74 bits per heavy atom. The van der Waals surface area contributed by atoms with E-state index >= 15 is 0 Å². The second kappa shape index (κ2) is 5.05. The Morgan fingerprint density at radius 1 is 1.17 bits per heavy atom. The van der Waals surface area contributed by atoms with Gasteiger partial charge in [-0.05, 0) is 31.5 Å². The fraction of sp³-hybridized carbons (Fsp3) is 0.250. The van der Waals surface area contributed by atoms with Crippen LogP contribution in [0.2, 0.25) is 0 Å². The maximum absolute atomic E-state index is 12.6. The average molecular weight is 308 g/mol. The molecule has 0 fully saturated rings. The lowest BCUT2D eigenvalue weighted by atomic mass is 10.2. The molecule has 0 aliphatic heterocycles. The van der Waals surface area contributed by atoms with Crippen LogP contribution in [-0.2, 0) is 13.1 Å². The zero-order valence-electron chi connectivity index (χ0n) is 13.0. The van der Waals surface area contributed by atoms with E-state index in [1.54, 1.807) is 4.57 Å². The van der Waals surface area contributed by atoms with Gasteiger partial charge in [0.15, 0.2) is 5.82 Å². The van der Waals surface area contributed by atoms with Crippen molar-refractivity contribution in [3.05, 3.63) is 58.4 Å². The van der Waals surface area contributed by atoms with Gasteiger partial charge in [-0.2, -0.15) is 5.10 Å². The van der Waals surface area contributed by atoms with Crippen LogP contribution in [0, 0.1) is 6.92 Å². The number of hydrogen-bond acceptors (Lipinski definition) is 4. The first-order chi connectivity index (χ1) is 11.2. The van der Waals surface area contributed by atoms with Crippen molar-refractivity contribution in [2.24, 2.45) is 0 Å². The summed E-state index contributed by atoms with van der Waals surface area (Å²) in [6.07, 6.45) is 3.77. The summed E-state index contributed by atoms with van der Waals surface area (Å²) in [5.41, 5.74) is 1.87. The van der Waals surface area contributed by atoms with Crippen molar-refractivity contribution in [3.63, 3.8) is 0 Å². The topological polar surface area (TPSA) is 70.0 Å². The predicted molar refractivity (Wildman–Crippen MR) is 86.5 cm³/mol. The van der Waals surface area contributed by atoms with Crippen molar-refractivity contribution in [1.29, 1.82) is 0 Å². The molecule has 0 aliphatic rings. The first kappa shape index (κ1) is 13.7. The van der Waals surface area contributed by atoms with Crippen molar-refractivity contribution in [1.82, 2.24) is 28.9 Å². The van der Waals surface area contributed by atoms with E-state index in [1.165, 1.54) is 0 Å². The molecule has 1 aromatic carbocycles. The van der Waals surface area contributed by atoms with E-state index in [9.17, 15) is 4.79 Å². The molecule has 0 saturated carbocycles. The predicted octanol–water partition coefficient (Wildman–Crippen LogP) is 1.62. The Labute approximate surface area is 131 Å². The molecule has 0 atom stereocenters. The number of fused-ring (bicyclic) bond motifs is 3. The minimum atomic E-state index is -0.0375. The number of rotatable bonds is 3. The van der Waals surface area contributed by atoms with Crippen LogP contribution in [0.5, 0.6) is 0 Å². The lowest BCUT2D eigenvalue weighted by Gasteiger charge is -2.09. The van der Waals surface area contributed by atoms with Gasteiger partial charge in [0, 0.05) is 12.7 Å². The molecule has 0 unspecified atom stereocenters. The Balaban J connectivity index is 2.03. The average Bonchev–Trinajstić information content (AvgIpc) is 3.15. The molecular weight excluding hydrogens is 292 g/mol. The highest BCUT2D eigenvalue weighted by Crippen LogP contribution is 2.15. The molecule has 4 aromatic rings. The fourth-order valence-electron chi connectivity index (χ4n) is 2.90. The molecule has 3 heterocycles. The fourth-order valence-corrected chi connectivity index (χ4v) is 2.90. The molecule has 0 bridgehead atoms. The second-order valence-electron chi connectivity index (χ2n) is 5.53. The van der Waals surface area contributed by atoms with E-state index in [0.29, 0.717) is 24.3 Å². The molecule has 0 aliphatic carbocycles. The highest BCUT2D eigenvalue weighted by atomic mass is 16.1. The van der Waals surface area contributed by atoms with Gasteiger partial charge in [-0.3, -0.25) is 18.4 Å². The van der Waals surface area contributed by atoms with Crippen LogP contribution in [0.3, 0.4) is 0 Å². The maximum Gasteiger partial charge on any atom is 0.262 e. The van der Waals surface area contributed by atoms with Crippen molar-refractivity contribution >= 4 is 16.7 Å². The minimum Gasteiger partial charge on any atom is -0.277 e. The highest BCUT2D eigenvalue weighted by Gasteiger charge is 2.15. The number of aromatic nitrogens is 6. The van der Waals surface area contributed by atoms with Crippen LogP contribution >= 0.6 is 0 Å². The maximum atomic E-state index is 12.6. The molecule has 0 radical (unpaired) electrons. The van der Waals surface area contributed by atoms with Gasteiger partial charge in [0.25, 0.3) is 5.56 Å². The van der Waals surface area contributed by atoms with Crippen LogP contribution < -0.4 is 5.56 Å². The first-order valence-corrected chi connectivity index (χ1v) is 7.53. The molecular formula is C16H16N6O. The van der Waals surface area contributed by atoms with Crippen molar-refractivity contribution in [3.8, 4) is 0 Å². The smallest absolute Gasteiger partial charge is 0.262 e. The summed E-state index contributed by atoms with van der Waals surface area (Å²) in [5.74, 6) is 1.32. The van der Waals surface area contributed by atoms with Crippen LogP contribution in [-0.4, -0.2) is 28.9 Å². The molecule has 23 heavy (non-hydrogen) atoms. The molecule has 116 valence electrons. The summed E-state index contributed by atoms with van der Waals surface area (Å²) in [6.45, 7) is 4.98. The van der Waals surface area contributed by atoms with E-state index in [1.807, 2.05) is 59.6 Å². The van der Waals surface area contributed by atoms with Gasteiger partial charge in [-0.25, -0.2) is 0 Å². The van der Waals surface area contributed by atoms with E-state index in [0.717, 1.165) is 16.9 Å². The Bertz CT molecular complexity index is 1070. The van der Waals surface area contributed by atoms with Gasteiger partial charge in [-0.15, -0.1) is 10.2 Å². The van der Waals surface area contributed by atoms with Crippen LogP contribution in [0.1, 0.15) is 18.3 Å². The monoisotopic (exact) mass is 308 g/mol. The van der Waals surface area contributed by atoms with E-state index in [-0.39, 0.29) is 5.56 Å². The Hall–Kier alpha value is -2.96. The summed E-state index contributed by atoms with van der Waals surface area (Å²) < 4.78 is 5.41. The van der Waals surface area contributed by atoms with E-state index < -0.39 is 0 Å². The van der Waals surface area contributed by atoms with Crippen LogP contribution in [0.4, 0.5) is 0 Å². The van der Waals surface area contributed by atoms with Gasteiger partial charge in [0.1, 0.15) is 6.54 Å². The molecule has 7 heteroatoms. The summed E-state index contributed by atoms with van der Waals surface area (Å²) in [7, 11) is 0. The summed E-state index contributed by atoms with van der Waals surface area (Å²) in [4.78, 5) is 12.6. The molecule has 3 aromatic heterocycles. The lowest BCUT2D eigenvalue weighted by Crippen LogP contribution is -2.22. The minimum absolute atomic E-state index is 0.0375. The summed E-state index contributed by atoms with van der Waals surface area (Å²) in [5, 5.41) is 13.5. The third kappa shape index (κ3) is 2.04. The van der Waals surface area contributed by atoms with E-state index in [4.69, 9.17) is 0 Å². The van der Waals surface area contributed by atoms with Crippen molar-refractivity contribution in [2.45, 2.75) is 26.9 Å². The molecule has 0 saturated heterocycles. The van der Waals surface area contributed by atoms with Crippen molar-refractivity contribution < 1.29 is 0 Å². The lowest BCUT2D eigenvalue weighted by molar-refractivity contribution is 0.650. The zero-order valence-corrected chi connectivity index (χ0v) is 13.0. The Kier molecular flexibility index (Phi) is 3.00. The van der Waals surface area contributed by atoms with E-state index in [2.05, 4.69) is 15.3 Å². The van der Waals surface area contributed by atoms with Gasteiger partial charge in [-0.1, -0.05) is 12.1 Å². The molecule has 4 rings (SSSR count). The van der Waals surface area contributed by atoms with Gasteiger partial charge in [0.2, 0.25) is 5.78 Å². The quantitative estimate of drug-likeness (QED) is 0.576.